The summed E-state index contributed by atoms with van der Waals surface area (Å²) in [5.41, 5.74) is 0.282. The van der Waals surface area contributed by atoms with Gasteiger partial charge in [0.05, 0.1) is 11.8 Å². The van der Waals surface area contributed by atoms with Gasteiger partial charge in [0.2, 0.25) is 10.4 Å². The third-order valence-corrected chi connectivity index (χ3v) is 2.63. The molecule has 2 rings (SSSR count). The third kappa shape index (κ3) is 2.16. The normalized spacial score (nSPS) is 10.3. The van der Waals surface area contributed by atoms with Gasteiger partial charge in [-0.1, -0.05) is 0 Å². The quantitative estimate of drug-likeness (QED) is 0.879. The molecular weight excluding hydrogens is 238 g/mol. The molecule has 0 fully saturated rings. The molecule has 0 saturated heterocycles. The van der Waals surface area contributed by atoms with Gasteiger partial charge < -0.3 is 4.42 Å². The molecule has 15 heavy (non-hydrogen) atoms. The van der Waals surface area contributed by atoms with Gasteiger partial charge in [0.15, 0.2) is 0 Å². The van der Waals surface area contributed by atoms with Gasteiger partial charge in [0.25, 0.3) is 5.91 Å². The Hall–Kier alpha value is -1.40. The number of rotatable bonds is 2. The van der Waals surface area contributed by atoms with Gasteiger partial charge in [-0.3, -0.25) is 10.1 Å². The second kappa shape index (κ2) is 4.00. The number of carbonyl (C=O) groups is 1. The molecule has 0 aliphatic heterocycles. The van der Waals surface area contributed by atoms with E-state index < -0.39 is 0 Å². The Morgan fingerprint density at radius 1 is 1.67 bits per heavy atom. The minimum Gasteiger partial charge on any atom is -0.452 e. The Balaban J connectivity index is 2.14. The number of nitrogens with one attached hydrogen (secondary N) is 1. The first-order chi connectivity index (χ1) is 7.16. The molecule has 2 heterocycles. The summed E-state index contributed by atoms with van der Waals surface area (Å²) in [7, 11) is 0. The zero-order chi connectivity index (χ0) is 10.8. The van der Waals surface area contributed by atoms with E-state index >= 15 is 0 Å². The van der Waals surface area contributed by atoms with Crippen LogP contribution in [0.5, 0.6) is 0 Å². The standard InChI is InChI=1S/C8H6ClN3O2S/c1-4-10-8(15-12-4)11-7(13)5-2-3-14-6(5)9/h2-3H,1H3,(H,10,11,12,13). The number of aryl methyl sites for hydroxylation is 1. The van der Waals surface area contributed by atoms with E-state index in [0.29, 0.717) is 11.0 Å². The van der Waals surface area contributed by atoms with Crippen LogP contribution in [0.2, 0.25) is 5.22 Å². The maximum absolute atomic E-state index is 11.6. The first-order valence-corrected chi connectivity index (χ1v) is 5.16. The van der Waals surface area contributed by atoms with Crippen molar-refractivity contribution in [3.05, 3.63) is 28.9 Å². The fourth-order valence-electron chi connectivity index (χ4n) is 0.968. The zero-order valence-electron chi connectivity index (χ0n) is 7.65. The van der Waals surface area contributed by atoms with Gasteiger partial charge in [0, 0.05) is 11.5 Å². The van der Waals surface area contributed by atoms with Gasteiger partial charge in [0.1, 0.15) is 5.82 Å². The SMILES string of the molecule is Cc1nsc(NC(=O)c2ccoc2Cl)n1. The van der Waals surface area contributed by atoms with E-state index in [1.165, 1.54) is 12.3 Å². The van der Waals surface area contributed by atoms with Crippen molar-refractivity contribution in [3.63, 3.8) is 0 Å². The summed E-state index contributed by atoms with van der Waals surface area (Å²) in [6.07, 6.45) is 1.35. The predicted molar refractivity (Wildman–Crippen MR) is 56.3 cm³/mol. The number of amides is 1. The number of nitrogens with zero attached hydrogens (tertiary/aromatic N) is 2. The van der Waals surface area contributed by atoms with Crippen LogP contribution in [0.3, 0.4) is 0 Å². The van der Waals surface area contributed by atoms with Crippen LogP contribution in [0.15, 0.2) is 16.7 Å². The summed E-state index contributed by atoms with van der Waals surface area (Å²) >= 11 is 6.76. The first-order valence-electron chi connectivity index (χ1n) is 4.01. The first kappa shape index (κ1) is 10.1. The zero-order valence-corrected chi connectivity index (χ0v) is 9.22. The number of aromatic nitrogens is 2. The number of carbonyl (C=O) groups excluding carboxylic acids is 1. The van der Waals surface area contributed by atoms with E-state index in [-0.39, 0.29) is 16.7 Å². The summed E-state index contributed by atoms with van der Waals surface area (Å²) < 4.78 is 8.73. The summed E-state index contributed by atoms with van der Waals surface area (Å²) in [5.74, 6) is 0.262. The van der Waals surface area contributed by atoms with Crippen LogP contribution in [0.1, 0.15) is 16.2 Å². The average molecular weight is 244 g/mol. The Morgan fingerprint density at radius 2 is 2.47 bits per heavy atom. The second-order valence-corrected chi connectivity index (χ2v) is 3.80. The Labute approximate surface area is 94.2 Å². The molecule has 0 aliphatic carbocycles. The van der Waals surface area contributed by atoms with Crippen LogP contribution in [-0.4, -0.2) is 15.3 Å². The van der Waals surface area contributed by atoms with Crippen molar-refractivity contribution in [3.8, 4) is 0 Å². The monoisotopic (exact) mass is 243 g/mol. The third-order valence-electron chi connectivity index (χ3n) is 1.61. The molecule has 0 unspecified atom stereocenters. The number of furan rings is 1. The molecule has 0 atom stereocenters. The summed E-state index contributed by atoms with van der Waals surface area (Å²) in [5, 5.41) is 3.07. The highest BCUT2D eigenvalue weighted by molar-refractivity contribution is 7.09. The molecule has 2 aromatic heterocycles. The van der Waals surface area contributed by atoms with Gasteiger partial charge in [-0.15, -0.1) is 0 Å². The van der Waals surface area contributed by atoms with Crippen molar-refractivity contribution in [1.29, 1.82) is 0 Å². The Kier molecular flexibility index (Phi) is 2.70. The molecule has 0 saturated carbocycles. The van der Waals surface area contributed by atoms with E-state index in [9.17, 15) is 4.79 Å². The predicted octanol–water partition coefficient (Wildman–Crippen LogP) is 2.35. The Morgan fingerprint density at radius 3 is 3.00 bits per heavy atom. The van der Waals surface area contributed by atoms with Crippen LogP contribution in [0.25, 0.3) is 0 Å². The van der Waals surface area contributed by atoms with Crippen LogP contribution in [0, 0.1) is 6.92 Å². The summed E-state index contributed by atoms with van der Waals surface area (Å²) in [6.45, 7) is 1.75. The van der Waals surface area contributed by atoms with Crippen LogP contribution in [0.4, 0.5) is 5.13 Å². The van der Waals surface area contributed by atoms with Crippen molar-refractivity contribution >= 4 is 34.2 Å². The van der Waals surface area contributed by atoms with Crippen molar-refractivity contribution in [2.24, 2.45) is 0 Å². The largest absolute Gasteiger partial charge is 0.452 e. The lowest BCUT2D eigenvalue weighted by molar-refractivity contribution is 0.102. The van der Waals surface area contributed by atoms with Crippen molar-refractivity contribution in [2.45, 2.75) is 6.92 Å². The van der Waals surface area contributed by atoms with Crippen LogP contribution < -0.4 is 5.32 Å². The molecule has 7 heteroatoms. The summed E-state index contributed by atoms with van der Waals surface area (Å²) in [6, 6.07) is 1.49. The van der Waals surface area contributed by atoms with Gasteiger partial charge in [-0.2, -0.15) is 4.37 Å². The number of hydrogen-bond acceptors (Lipinski definition) is 5. The highest BCUT2D eigenvalue weighted by Crippen LogP contribution is 2.19. The molecule has 0 radical (unpaired) electrons. The van der Waals surface area contributed by atoms with E-state index in [1.807, 2.05) is 0 Å². The van der Waals surface area contributed by atoms with E-state index in [2.05, 4.69) is 14.7 Å². The highest BCUT2D eigenvalue weighted by Gasteiger charge is 2.14. The number of anilines is 1. The Bertz CT molecular complexity index is 494. The molecule has 0 bridgehead atoms. The highest BCUT2D eigenvalue weighted by atomic mass is 35.5. The molecule has 1 amide bonds. The fraction of sp³-hybridized carbons (Fsp3) is 0.125. The molecule has 78 valence electrons. The number of halogens is 1. The van der Waals surface area contributed by atoms with Crippen molar-refractivity contribution in [2.75, 3.05) is 5.32 Å². The van der Waals surface area contributed by atoms with E-state index in [1.54, 1.807) is 6.92 Å². The lowest BCUT2D eigenvalue weighted by Gasteiger charge is -1.97. The van der Waals surface area contributed by atoms with Crippen LogP contribution >= 0.6 is 23.1 Å². The average Bonchev–Trinajstić information content (AvgIpc) is 2.75. The minimum absolute atomic E-state index is 0.0636. The smallest absolute Gasteiger partial charge is 0.262 e. The molecule has 2 aromatic rings. The van der Waals surface area contributed by atoms with Gasteiger partial charge >= 0.3 is 0 Å². The molecule has 5 nitrogen and oxygen atoms in total. The molecule has 0 spiro atoms. The lowest BCUT2D eigenvalue weighted by Crippen LogP contribution is -2.11. The maximum atomic E-state index is 11.6. The topological polar surface area (TPSA) is 68.0 Å². The maximum Gasteiger partial charge on any atom is 0.262 e. The molecule has 1 N–H and O–H groups in total. The van der Waals surface area contributed by atoms with Gasteiger partial charge in [-0.25, -0.2) is 4.98 Å². The van der Waals surface area contributed by atoms with Crippen molar-refractivity contribution in [1.82, 2.24) is 9.36 Å². The fourth-order valence-corrected chi connectivity index (χ4v) is 1.74. The molecular formula is C8H6ClN3O2S. The van der Waals surface area contributed by atoms with Crippen LogP contribution in [-0.2, 0) is 0 Å². The second-order valence-electron chi connectivity index (χ2n) is 2.71. The number of hydrogen-bond donors (Lipinski definition) is 1. The van der Waals surface area contributed by atoms with E-state index in [0.717, 1.165) is 11.5 Å². The summed E-state index contributed by atoms with van der Waals surface area (Å²) in [4.78, 5) is 15.6. The van der Waals surface area contributed by atoms with Crippen molar-refractivity contribution < 1.29 is 9.21 Å². The minimum atomic E-state index is -0.357. The van der Waals surface area contributed by atoms with E-state index in [4.69, 9.17) is 16.0 Å². The molecule has 0 aliphatic rings. The van der Waals surface area contributed by atoms with Gasteiger partial charge in [-0.05, 0) is 24.6 Å². The lowest BCUT2D eigenvalue weighted by atomic mass is 10.3. The molecule has 0 aromatic carbocycles.